The van der Waals surface area contributed by atoms with Crippen molar-refractivity contribution in [2.24, 2.45) is 5.73 Å². The Morgan fingerprint density at radius 2 is 2.00 bits per heavy atom. The summed E-state index contributed by atoms with van der Waals surface area (Å²) in [6.07, 6.45) is 5.03. The van der Waals surface area contributed by atoms with Crippen molar-refractivity contribution in [2.45, 2.75) is 52.1 Å². The van der Waals surface area contributed by atoms with Crippen molar-refractivity contribution < 1.29 is 9.53 Å². The molecule has 0 aliphatic carbocycles. The summed E-state index contributed by atoms with van der Waals surface area (Å²) in [5, 5.41) is 0. The van der Waals surface area contributed by atoms with Gasteiger partial charge in [-0.2, -0.15) is 0 Å². The number of unbranched alkanes of at least 4 members (excludes halogenated alkanes) is 3. The van der Waals surface area contributed by atoms with Crippen LogP contribution < -0.4 is 5.73 Å². The van der Waals surface area contributed by atoms with E-state index < -0.39 is 6.09 Å². The molecule has 0 fully saturated rings. The first-order valence-electron chi connectivity index (χ1n) is 4.63. The molecule has 0 aromatic rings. The van der Waals surface area contributed by atoms with Crippen molar-refractivity contribution >= 4 is 18.5 Å². The van der Waals surface area contributed by atoms with Gasteiger partial charge < -0.3 is 10.5 Å². The van der Waals surface area contributed by atoms with Gasteiger partial charge in [-0.05, 0) is 19.8 Å². The molecule has 1 atom stereocenters. The van der Waals surface area contributed by atoms with Gasteiger partial charge in [0.1, 0.15) is 6.10 Å². The van der Waals surface area contributed by atoms with Crippen LogP contribution in [0, 0.1) is 0 Å². The molecule has 0 aliphatic heterocycles. The predicted molar refractivity (Wildman–Crippen MR) is 56.1 cm³/mol. The number of hydrogen-bond acceptors (Lipinski definition) is 2. The first-order chi connectivity index (χ1) is 5.66. The van der Waals surface area contributed by atoms with E-state index in [1.165, 1.54) is 19.3 Å². The molecule has 2 N–H and O–H groups in total. The molecule has 1 amide bonds. The SMILES string of the molecule is CCCCCCC(C)OC(N)=O.Cl. The van der Waals surface area contributed by atoms with Crippen LogP contribution in [0.1, 0.15) is 46.0 Å². The highest BCUT2D eigenvalue weighted by Gasteiger charge is 2.04. The molecule has 0 aliphatic rings. The van der Waals surface area contributed by atoms with Crippen LogP contribution in [0.25, 0.3) is 0 Å². The van der Waals surface area contributed by atoms with Gasteiger partial charge in [-0.3, -0.25) is 0 Å². The standard InChI is InChI=1S/C9H19NO2.ClH/c1-3-4-5-6-7-8(2)12-9(10)11;/h8H,3-7H2,1-2H3,(H2,10,11);1H. The maximum absolute atomic E-state index is 10.3. The van der Waals surface area contributed by atoms with E-state index in [4.69, 9.17) is 10.5 Å². The fourth-order valence-electron chi connectivity index (χ4n) is 1.12. The van der Waals surface area contributed by atoms with Crippen LogP contribution in [0.15, 0.2) is 0 Å². The van der Waals surface area contributed by atoms with Crippen LogP contribution in [-0.4, -0.2) is 12.2 Å². The van der Waals surface area contributed by atoms with Crippen LogP contribution in [0.5, 0.6) is 0 Å². The van der Waals surface area contributed by atoms with Crippen molar-refractivity contribution in [1.82, 2.24) is 0 Å². The molecule has 80 valence electrons. The third-order valence-electron chi connectivity index (χ3n) is 1.78. The van der Waals surface area contributed by atoms with Crippen LogP contribution in [0.2, 0.25) is 0 Å². The lowest BCUT2D eigenvalue weighted by atomic mass is 10.1. The van der Waals surface area contributed by atoms with Crippen LogP contribution in [0.3, 0.4) is 0 Å². The lowest BCUT2D eigenvalue weighted by Gasteiger charge is -2.10. The Morgan fingerprint density at radius 1 is 1.38 bits per heavy atom. The maximum Gasteiger partial charge on any atom is 0.404 e. The van der Waals surface area contributed by atoms with E-state index in [-0.39, 0.29) is 18.5 Å². The zero-order valence-electron chi connectivity index (χ0n) is 8.41. The molecule has 0 rings (SSSR count). The number of halogens is 1. The van der Waals surface area contributed by atoms with Crippen molar-refractivity contribution in [2.75, 3.05) is 0 Å². The molecule has 0 aromatic heterocycles. The Labute approximate surface area is 86.4 Å². The molecular formula is C9H20ClNO2. The summed E-state index contributed by atoms with van der Waals surface area (Å²) in [7, 11) is 0. The molecule has 13 heavy (non-hydrogen) atoms. The second kappa shape index (κ2) is 9.65. The van der Waals surface area contributed by atoms with Gasteiger partial charge in [-0.1, -0.05) is 26.2 Å². The number of carbonyl (C=O) groups is 1. The molecule has 0 spiro atoms. The lowest BCUT2D eigenvalue weighted by molar-refractivity contribution is 0.110. The minimum absolute atomic E-state index is 0. The van der Waals surface area contributed by atoms with Crippen LogP contribution in [0.4, 0.5) is 4.79 Å². The summed E-state index contributed by atoms with van der Waals surface area (Å²) >= 11 is 0. The molecule has 1 unspecified atom stereocenters. The smallest absolute Gasteiger partial charge is 0.404 e. The molecule has 0 saturated heterocycles. The normalized spacial score (nSPS) is 11.5. The van der Waals surface area contributed by atoms with Crippen molar-refractivity contribution in [3.8, 4) is 0 Å². The second-order valence-corrected chi connectivity index (χ2v) is 3.10. The molecule has 0 heterocycles. The van der Waals surface area contributed by atoms with Crippen molar-refractivity contribution in [1.29, 1.82) is 0 Å². The van der Waals surface area contributed by atoms with Crippen LogP contribution in [-0.2, 0) is 4.74 Å². The van der Waals surface area contributed by atoms with Gasteiger partial charge in [0, 0.05) is 0 Å². The lowest BCUT2D eigenvalue weighted by Crippen LogP contribution is -2.20. The Hall–Kier alpha value is -0.440. The molecule has 4 heteroatoms. The van der Waals surface area contributed by atoms with Crippen molar-refractivity contribution in [3.63, 3.8) is 0 Å². The maximum atomic E-state index is 10.3. The largest absolute Gasteiger partial charge is 0.447 e. The number of ether oxygens (including phenoxy) is 1. The van der Waals surface area contributed by atoms with E-state index >= 15 is 0 Å². The summed E-state index contributed by atoms with van der Waals surface area (Å²) in [5.74, 6) is 0. The van der Waals surface area contributed by atoms with Gasteiger partial charge in [0.05, 0.1) is 0 Å². The number of carbonyl (C=O) groups excluding carboxylic acids is 1. The number of hydrogen-bond donors (Lipinski definition) is 1. The highest BCUT2D eigenvalue weighted by Crippen LogP contribution is 2.07. The Balaban J connectivity index is 0. The predicted octanol–water partition coefficient (Wildman–Crippen LogP) is 2.86. The van der Waals surface area contributed by atoms with E-state index in [0.29, 0.717) is 0 Å². The molecule has 3 nitrogen and oxygen atoms in total. The monoisotopic (exact) mass is 209 g/mol. The van der Waals surface area contributed by atoms with Crippen molar-refractivity contribution in [3.05, 3.63) is 0 Å². The number of nitrogens with two attached hydrogens (primary N) is 1. The summed E-state index contributed by atoms with van der Waals surface area (Å²) in [4.78, 5) is 10.3. The van der Waals surface area contributed by atoms with E-state index in [9.17, 15) is 4.79 Å². The highest BCUT2D eigenvalue weighted by molar-refractivity contribution is 5.85. The molecule has 0 radical (unpaired) electrons. The first-order valence-corrected chi connectivity index (χ1v) is 4.63. The second-order valence-electron chi connectivity index (χ2n) is 3.10. The zero-order chi connectivity index (χ0) is 9.40. The van der Waals surface area contributed by atoms with Gasteiger partial charge in [-0.15, -0.1) is 12.4 Å². The minimum atomic E-state index is -0.669. The number of amides is 1. The first kappa shape index (κ1) is 15.1. The van der Waals surface area contributed by atoms with Crippen LogP contribution >= 0.6 is 12.4 Å². The highest BCUT2D eigenvalue weighted by atomic mass is 35.5. The Bertz CT molecular complexity index is 131. The van der Waals surface area contributed by atoms with E-state index in [1.807, 2.05) is 6.92 Å². The Morgan fingerprint density at radius 3 is 2.46 bits per heavy atom. The summed E-state index contributed by atoms with van der Waals surface area (Å²) in [6.45, 7) is 4.04. The topological polar surface area (TPSA) is 52.3 Å². The fraction of sp³-hybridized carbons (Fsp3) is 0.889. The fourth-order valence-corrected chi connectivity index (χ4v) is 1.12. The minimum Gasteiger partial charge on any atom is -0.447 e. The molecule has 0 saturated carbocycles. The van der Waals surface area contributed by atoms with Gasteiger partial charge in [0.2, 0.25) is 0 Å². The third kappa shape index (κ3) is 11.6. The van der Waals surface area contributed by atoms with Gasteiger partial charge >= 0.3 is 6.09 Å². The third-order valence-corrected chi connectivity index (χ3v) is 1.78. The van der Waals surface area contributed by atoms with E-state index in [0.717, 1.165) is 12.8 Å². The Kier molecular flexibility index (Phi) is 11.2. The number of rotatable bonds is 6. The van der Waals surface area contributed by atoms with Gasteiger partial charge in [-0.25, -0.2) is 4.79 Å². The average Bonchev–Trinajstić information content (AvgIpc) is 1.97. The summed E-state index contributed by atoms with van der Waals surface area (Å²) in [6, 6.07) is 0. The summed E-state index contributed by atoms with van der Waals surface area (Å²) in [5.41, 5.74) is 4.86. The van der Waals surface area contributed by atoms with Gasteiger partial charge in [0.15, 0.2) is 0 Å². The molecule has 0 aromatic carbocycles. The number of primary amides is 1. The molecular weight excluding hydrogens is 190 g/mol. The van der Waals surface area contributed by atoms with E-state index in [1.54, 1.807) is 0 Å². The quantitative estimate of drug-likeness (QED) is 0.684. The van der Waals surface area contributed by atoms with Gasteiger partial charge in [0.25, 0.3) is 0 Å². The van der Waals surface area contributed by atoms with E-state index in [2.05, 4.69) is 6.92 Å². The zero-order valence-corrected chi connectivity index (χ0v) is 9.23. The average molecular weight is 210 g/mol. The summed E-state index contributed by atoms with van der Waals surface area (Å²) < 4.78 is 4.77. The molecule has 0 bridgehead atoms.